The zero-order chi connectivity index (χ0) is 24.4. The number of ketones is 1. The Balaban J connectivity index is 1.85. The maximum atomic E-state index is 12.6. The summed E-state index contributed by atoms with van der Waals surface area (Å²) in [5.41, 5.74) is 5.79. The Morgan fingerprint density at radius 2 is 1.94 bits per heavy atom. The normalized spacial score (nSPS) is 20.8. The highest BCUT2D eigenvalue weighted by molar-refractivity contribution is 6.30. The van der Waals surface area contributed by atoms with Crippen molar-refractivity contribution in [2.75, 3.05) is 12.3 Å². The first-order valence-corrected chi connectivity index (χ1v) is 11.4. The lowest BCUT2D eigenvalue weighted by Crippen LogP contribution is -2.44. The molecule has 9 heteroatoms. The zero-order valence-electron chi connectivity index (χ0n) is 19.5. The number of nitrogens with zero attached hydrogens (tertiary/aromatic N) is 2. The van der Waals surface area contributed by atoms with Crippen LogP contribution in [0.5, 0.6) is 0 Å². The van der Waals surface area contributed by atoms with Gasteiger partial charge in [0.1, 0.15) is 12.3 Å². The van der Waals surface area contributed by atoms with Crippen LogP contribution in [0.15, 0.2) is 35.1 Å². The molecule has 0 saturated heterocycles. The predicted octanol–water partition coefficient (Wildman–Crippen LogP) is 4.26. The molecule has 1 amide bonds. The lowest BCUT2D eigenvalue weighted by atomic mass is 9.68. The molecule has 1 saturated carbocycles. The number of ether oxygens (including phenoxy) is 1. The Labute approximate surface area is 198 Å². The van der Waals surface area contributed by atoms with Gasteiger partial charge in [0.2, 0.25) is 0 Å². The highest BCUT2D eigenvalue weighted by Crippen LogP contribution is 2.43. The topological polar surface area (TPSA) is 116 Å². The van der Waals surface area contributed by atoms with Crippen molar-refractivity contribution in [3.05, 3.63) is 57.0 Å². The van der Waals surface area contributed by atoms with Crippen LogP contribution < -0.4 is 16.6 Å². The maximum absolute atomic E-state index is 12.6. The van der Waals surface area contributed by atoms with Gasteiger partial charge in [-0.1, -0.05) is 23.7 Å². The quantitative estimate of drug-likeness (QED) is 0.625. The molecule has 0 atom stereocenters. The molecule has 3 rings (SSSR count). The third-order valence-electron chi connectivity index (χ3n) is 5.97. The average Bonchev–Trinajstić information content (AvgIpc) is 2.71. The van der Waals surface area contributed by atoms with E-state index in [0.29, 0.717) is 30.7 Å². The van der Waals surface area contributed by atoms with E-state index < -0.39 is 17.0 Å². The Morgan fingerprint density at radius 1 is 1.27 bits per heavy atom. The minimum Gasteiger partial charge on any atom is -0.449 e. The number of nitrogens with one attached hydrogen (secondary N) is 1. The highest BCUT2D eigenvalue weighted by atomic mass is 35.5. The molecule has 1 aromatic heterocycles. The second kappa shape index (κ2) is 9.55. The third-order valence-corrected chi connectivity index (χ3v) is 6.21. The van der Waals surface area contributed by atoms with Crippen molar-refractivity contribution in [2.45, 2.75) is 70.4 Å². The van der Waals surface area contributed by atoms with Crippen LogP contribution in [0, 0.1) is 0 Å². The van der Waals surface area contributed by atoms with E-state index in [2.05, 4.69) is 10.4 Å². The van der Waals surface area contributed by atoms with Gasteiger partial charge in [-0.15, -0.1) is 0 Å². The smallest absolute Gasteiger partial charge is 0.407 e. The number of benzene rings is 1. The summed E-state index contributed by atoms with van der Waals surface area (Å²) >= 11 is 6.26. The van der Waals surface area contributed by atoms with Gasteiger partial charge in [-0.2, -0.15) is 5.10 Å². The van der Waals surface area contributed by atoms with Crippen molar-refractivity contribution in [1.29, 1.82) is 0 Å². The first-order valence-electron chi connectivity index (χ1n) is 11.0. The number of hydrogen-bond acceptors (Lipinski definition) is 6. The standard InChI is InChI=1S/C24H31ClN4O4/c1-15(30)21-19(26)13-20(31)29(28-21)18-8-10-24(11-9-18,16-6-5-7-17(25)12-16)14-33-22(32)27-23(2,3)4/h5-7,12-13,18H,8-11,14,26H2,1-4H3,(H,27,32). The summed E-state index contributed by atoms with van der Waals surface area (Å²) in [6.45, 7) is 7.22. The summed E-state index contributed by atoms with van der Waals surface area (Å²) in [6, 6.07) is 8.63. The summed E-state index contributed by atoms with van der Waals surface area (Å²) < 4.78 is 7.01. The van der Waals surface area contributed by atoms with Crippen molar-refractivity contribution < 1.29 is 14.3 Å². The highest BCUT2D eigenvalue weighted by Gasteiger charge is 2.39. The summed E-state index contributed by atoms with van der Waals surface area (Å²) in [5.74, 6) is -0.288. The number of carbonyl (C=O) groups excluding carboxylic acids is 2. The summed E-state index contributed by atoms with van der Waals surface area (Å²) in [5, 5.41) is 7.68. The van der Waals surface area contributed by atoms with Crippen LogP contribution in [0.3, 0.4) is 0 Å². The Bertz CT molecular complexity index is 1100. The molecule has 0 bridgehead atoms. The van der Waals surface area contributed by atoms with E-state index in [0.717, 1.165) is 5.56 Å². The zero-order valence-corrected chi connectivity index (χ0v) is 20.2. The second-order valence-corrected chi connectivity index (χ2v) is 10.2. The number of alkyl carbamates (subject to hydrolysis) is 1. The fourth-order valence-electron chi connectivity index (χ4n) is 4.30. The number of Topliss-reactive ketones (excluding diaryl/α,β-unsaturated/α-hetero) is 1. The molecule has 1 aromatic carbocycles. The van der Waals surface area contributed by atoms with E-state index in [-0.39, 0.29) is 35.4 Å². The number of hydrogen-bond donors (Lipinski definition) is 2. The van der Waals surface area contributed by atoms with E-state index in [4.69, 9.17) is 22.1 Å². The van der Waals surface area contributed by atoms with Crippen LogP contribution in [0.4, 0.5) is 10.5 Å². The summed E-state index contributed by atoms with van der Waals surface area (Å²) in [4.78, 5) is 36.8. The molecule has 1 fully saturated rings. The summed E-state index contributed by atoms with van der Waals surface area (Å²) in [7, 11) is 0. The second-order valence-electron chi connectivity index (χ2n) is 9.76. The van der Waals surface area contributed by atoms with Gasteiger partial charge in [0.25, 0.3) is 5.56 Å². The molecule has 8 nitrogen and oxygen atoms in total. The number of rotatable bonds is 5. The van der Waals surface area contributed by atoms with Crippen LogP contribution in [-0.2, 0) is 10.2 Å². The van der Waals surface area contributed by atoms with Crippen LogP contribution in [-0.4, -0.2) is 33.8 Å². The molecule has 178 valence electrons. The van der Waals surface area contributed by atoms with Crippen molar-refractivity contribution in [3.63, 3.8) is 0 Å². The molecule has 2 aromatic rings. The lowest BCUT2D eigenvalue weighted by molar-refractivity contribution is 0.0836. The fourth-order valence-corrected chi connectivity index (χ4v) is 4.49. The lowest BCUT2D eigenvalue weighted by Gasteiger charge is -2.40. The molecule has 0 spiro atoms. The first-order chi connectivity index (χ1) is 15.4. The monoisotopic (exact) mass is 474 g/mol. The third kappa shape index (κ3) is 5.93. The number of nitrogen functional groups attached to an aromatic ring is 1. The molecule has 0 aliphatic heterocycles. The van der Waals surface area contributed by atoms with Crippen molar-refractivity contribution in [2.24, 2.45) is 0 Å². The van der Waals surface area contributed by atoms with E-state index in [9.17, 15) is 14.4 Å². The largest absolute Gasteiger partial charge is 0.449 e. The van der Waals surface area contributed by atoms with Gasteiger partial charge in [0, 0.05) is 29.0 Å². The summed E-state index contributed by atoms with van der Waals surface area (Å²) in [6.07, 6.45) is 2.05. The number of aromatic nitrogens is 2. The average molecular weight is 475 g/mol. The van der Waals surface area contributed by atoms with Gasteiger partial charge in [-0.05, 0) is 64.2 Å². The molecular formula is C24H31ClN4O4. The van der Waals surface area contributed by atoms with Crippen LogP contribution >= 0.6 is 11.6 Å². The molecule has 3 N–H and O–H groups in total. The van der Waals surface area contributed by atoms with Gasteiger partial charge >= 0.3 is 6.09 Å². The fraction of sp³-hybridized carbons (Fsp3) is 0.500. The number of carbonyl (C=O) groups is 2. The molecule has 1 heterocycles. The number of amides is 1. The van der Waals surface area contributed by atoms with Crippen molar-refractivity contribution in [3.8, 4) is 0 Å². The van der Waals surface area contributed by atoms with Gasteiger partial charge < -0.3 is 15.8 Å². The van der Waals surface area contributed by atoms with Gasteiger partial charge in [-0.25, -0.2) is 9.48 Å². The van der Waals surface area contributed by atoms with Crippen LogP contribution in [0.1, 0.15) is 75.5 Å². The van der Waals surface area contributed by atoms with Crippen molar-refractivity contribution in [1.82, 2.24) is 15.1 Å². The van der Waals surface area contributed by atoms with Crippen molar-refractivity contribution >= 4 is 29.2 Å². The Morgan fingerprint density at radius 3 is 2.52 bits per heavy atom. The minimum atomic E-state index is -0.478. The number of anilines is 1. The first kappa shape index (κ1) is 24.8. The molecule has 33 heavy (non-hydrogen) atoms. The SMILES string of the molecule is CC(=O)c1nn(C2CCC(COC(=O)NC(C)(C)C)(c3cccc(Cl)c3)CC2)c(=O)cc1N. The maximum Gasteiger partial charge on any atom is 0.407 e. The van der Waals surface area contributed by atoms with Gasteiger partial charge in [0.05, 0.1) is 11.7 Å². The van der Waals surface area contributed by atoms with E-state index in [1.54, 1.807) is 6.07 Å². The molecule has 0 radical (unpaired) electrons. The van der Waals surface area contributed by atoms with Crippen LogP contribution in [0.25, 0.3) is 0 Å². The van der Waals surface area contributed by atoms with Crippen LogP contribution in [0.2, 0.25) is 5.02 Å². The van der Waals surface area contributed by atoms with E-state index in [1.165, 1.54) is 17.7 Å². The van der Waals surface area contributed by atoms with E-state index in [1.807, 2.05) is 39.0 Å². The van der Waals surface area contributed by atoms with Gasteiger partial charge in [-0.3, -0.25) is 9.59 Å². The Kier molecular flexibility index (Phi) is 7.17. The molecular weight excluding hydrogens is 444 g/mol. The number of nitrogens with two attached hydrogens (primary N) is 1. The molecule has 1 aliphatic carbocycles. The molecule has 1 aliphatic rings. The molecule has 0 unspecified atom stereocenters. The Hall–Kier alpha value is -2.87. The number of halogens is 1. The predicted molar refractivity (Wildman–Crippen MR) is 128 cm³/mol. The van der Waals surface area contributed by atoms with Gasteiger partial charge in [0.15, 0.2) is 5.78 Å². The minimum absolute atomic E-state index is 0.0890. The van der Waals surface area contributed by atoms with E-state index >= 15 is 0 Å².